The normalized spacial score (nSPS) is 24.9. The third-order valence-electron chi connectivity index (χ3n) is 6.68. The monoisotopic (exact) mass is 578 g/mol. The lowest BCUT2D eigenvalue weighted by atomic mass is 9.78. The van der Waals surface area contributed by atoms with Crippen LogP contribution in [0.5, 0.6) is 0 Å². The minimum absolute atomic E-state index is 0.0805. The molecule has 3 unspecified atom stereocenters. The molecule has 3 nitrogen and oxygen atoms in total. The molecule has 220 valence electrons. The third-order valence-corrected chi connectivity index (χ3v) is 6.68. The van der Waals surface area contributed by atoms with Crippen molar-refractivity contribution in [2.45, 2.75) is 94.5 Å². The number of alkyl halides is 14. The predicted octanol–water partition coefficient (Wildman–Crippen LogP) is 7.17. The van der Waals surface area contributed by atoms with E-state index < -0.39 is 104 Å². The molecule has 0 radical (unpaired) electrons. The molecule has 1 saturated carbocycles. The van der Waals surface area contributed by atoms with Gasteiger partial charge in [0.1, 0.15) is 0 Å². The zero-order valence-electron chi connectivity index (χ0n) is 19.5. The fourth-order valence-corrected chi connectivity index (χ4v) is 4.21. The van der Waals surface area contributed by atoms with E-state index in [1.54, 1.807) is 0 Å². The highest BCUT2D eigenvalue weighted by Gasteiger charge is 2.77. The van der Waals surface area contributed by atoms with Gasteiger partial charge in [-0.3, -0.25) is 4.79 Å². The second-order valence-electron chi connectivity index (χ2n) is 9.86. The van der Waals surface area contributed by atoms with Gasteiger partial charge >= 0.3 is 30.4 Å². The van der Waals surface area contributed by atoms with Crippen molar-refractivity contribution in [1.82, 2.24) is 0 Å². The molecule has 0 bridgehead atoms. The van der Waals surface area contributed by atoms with Gasteiger partial charge in [0.15, 0.2) is 5.67 Å². The fourth-order valence-electron chi connectivity index (χ4n) is 4.21. The molecule has 0 saturated heterocycles. The zero-order valence-corrected chi connectivity index (χ0v) is 19.5. The van der Waals surface area contributed by atoms with E-state index in [0.717, 1.165) is 13.8 Å². The predicted molar refractivity (Wildman–Crippen MR) is 97.3 cm³/mol. The third kappa shape index (κ3) is 6.54. The molecule has 1 N–H and O–H groups in total. The number of carbonyl (C=O) groups is 1. The van der Waals surface area contributed by atoms with Crippen molar-refractivity contribution in [3.8, 4) is 0 Å². The van der Waals surface area contributed by atoms with Crippen LogP contribution in [-0.4, -0.2) is 59.3 Å². The molecule has 37 heavy (non-hydrogen) atoms. The quantitative estimate of drug-likeness (QED) is 0.233. The van der Waals surface area contributed by atoms with E-state index in [0.29, 0.717) is 0 Å². The van der Waals surface area contributed by atoms with E-state index >= 15 is 4.39 Å². The van der Waals surface area contributed by atoms with Crippen molar-refractivity contribution in [3.05, 3.63) is 0 Å². The van der Waals surface area contributed by atoms with Crippen LogP contribution >= 0.6 is 0 Å². The van der Waals surface area contributed by atoms with Crippen LogP contribution in [0.15, 0.2) is 0 Å². The standard InChI is InChI=1S/C20H24F14O3/c1-13(2,12(35)37-7-6-16(24,25)18(26,27)28)5-4-10-8-11(9-15(10,23)14(3,21)22)17(36,19(29,30)31)20(32,33)34/h10-11,36H,4-9H2,1-3H3. The SMILES string of the molecule is CC(C)(CCC1CC(C(O)(C(F)(F)F)C(F)(F)F)CC1(F)C(C)(F)F)C(=O)OCCC(F)(F)C(F)(F)F. The van der Waals surface area contributed by atoms with Gasteiger partial charge < -0.3 is 9.84 Å². The maximum Gasteiger partial charge on any atom is 0.453 e. The van der Waals surface area contributed by atoms with Gasteiger partial charge in [0.2, 0.25) is 0 Å². The molecule has 1 fully saturated rings. The second-order valence-corrected chi connectivity index (χ2v) is 9.86. The minimum atomic E-state index is -6.41. The molecule has 1 aliphatic carbocycles. The summed E-state index contributed by atoms with van der Waals surface area (Å²) < 4.78 is 190. The van der Waals surface area contributed by atoms with Crippen LogP contribution in [0.2, 0.25) is 0 Å². The van der Waals surface area contributed by atoms with Gasteiger partial charge in [0.25, 0.3) is 11.5 Å². The maximum atomic E-state index is 15.4. The van der Waals surface area contributed by atoms with Crippen molar-refractivity contribution in [2.24, 2.45) is 17.3 Å². The smallest absolute Gasteiger partial charge is 0.453 e. The van der Waals surface area contributed by atoms with Gasteiger partial charge in [-0.15, -0.1) is 0 Å². The summed E-state index contributed by atoms with van der Waals surface area (Å²) in [6.45, 7) is 0.415. The molecule has 17 heteroatoms. The summed E-state index contributed by atoms with van der Waals surface area (Å²) in [6, 6.07) is 0. The molecule has 0 aromatic rings. The van der Waals surface area contributed by atoms with Gasteiger partial charge in [-0.1, -0.05) is 0 Å². The average Bonchev–Trinajstić information content (AvgIpc) is 3.00. The summed E-state index contributed by atoms with van der Waals surface area (Å²) in [6.07, 6.45) is -26.0. The molecule has 0 aliphatic heterocycles. The minimum Gasteiger partial charge on any atom is -0.465 e. The van der Waals surface area contributed by atoms with Gasteiger partial charge in [-0.2, -0.15) is 48.3 Å². The van der Waals surface area contributed by atoms with Crippen LogP contribution in [-0.2, 0) is 9.53 Å². The Labute approximate surface area is 201 Å². The van der Waals surface area contributed by atoms with Crippen LogP contribution in [0.25, 0.3) is 0 Å². The highest BCUT2D eigenvalue weighted by atomic mass is 19.4. The maximum absolute atomic E-state index is 15.4. The first-order valence-corrected chi connectivity index (χ1v) is 10.6. The van der Waals surface area contributed by atoms with E-state index in [4.69, 9.17) is 0 Å². The number of rotatable bonds is 9. The molecule has 0 spiro atoms. The van der Waals surface area contributed by atoms with Gasteiger partial charge in [-0.25, -0.2) is 13.2 Å². The second kappa shape index (κ2) is 9.88. The molecule has 0 heterocycles. The Morgan fingerprint density at radius 3 is 1.68 bits per heavy atom. The number of ether oxygens (including phenoxy) is 1. The molecule has 1 aliphatic rings. The van der Waals surface area contributed by atoms with Crippen LogP contribution in [0.1, 0.15) is 52.9 Å². The van der Waals surface area contributed by atoms with Crippen LogP contribution < -0.4 is 0 Å². The average molecular weight is 578 g/mol. The first-order chi connectivity index (χ1) is 16.0. The van der Waals surface area contributed by atoms with Crippen molar-refractivity contribution >= 4 is 5.97 Å². The number of hydrogen-bond acceptors (Lipinski definition) is 3. The summed E-state index contributed by atoms with van der Waals surface area (Å²) in [5.41, 5.74) is -11.4. The molecular weight excluding hydrogens is 554 g/mol. The summed E-state index contributed by atoms with van der Waals surface area (Å²) in [5.74, 6) is -16.5. The van der Waals surface area contributed by atoms with Crippen molar-refractivity contribution in [1.29, 1.82) is 0 Å². The lowest BCUT2D eigenvalue weighted by molar-refractivity contribution is -0.385. The first kappa shape index (κ1) is 33.5. The highest BCUT2D eigenvalue weighted by molar-refractivity contribution is 5.75. The van der Waals surface area contributed by atoms with Gasteiger partial charge in [-0.05, 0) is 45.4 Å². The van der Waals surface area contributed by atoms with E-state index in [1.165, 1.54) is 0 Å². The summed E-state index contributed by atoms with van der Waals surface area (Å²) in [4.78, 5) is 12.1. The number of esters is 1. The highest BCUT2D eigenvalue weighted by Crippen LogP contribution is 2.60. The Bertz CT molecular complexity index is 795. The molecule has 0 aromatic heterocycles. The van der Waals surface area contributed by atoms with E-state index in [1.807, 2.05) is 0 Å². The molecule has 0 aromatic carbocycles. The summed E-state index contributed by atoms with van der Waals surface area (Å²) in [5, 5.41) is 9.56. The number of halogens is 14. The number of carbonyl (C=O) groups excluding carboxylic acids is 1. The number of aliphatic hydroxyl groups is 1. The Balaban J connectivity index is 3.09. The van der Waals surface area contributed by atoms with Crippen LogP contribution in [0.3, 0.4) is 0 Å². The van der Waals surface area contributed by atoms with E-state index in [-0.39, 0.29) is 6.92 Å². The van der Waals surface area contributed by atoms with Crippen LogP contribution in [0.4, 0.5) is 61.5 Å². The van der Waals surface area contributed by atoms with E-state index in [2.05, 4.69) is 4.74 Å². The molecule has 1 rings (SSSR count). The van der Waals surface area contributed by atoms with Crippen molar-refractivity contribution in [2.75, 3.05) is 6.61 Å². The van der Waals surface area contributed by atoms with Crippen molar-refractivity contribution < 1.29 is 76.1 Å². The molecular formula is C20H24F14O3. The molecule has 3 atom stereocenters. The first-order valence-electron chi connectivity index (χ1n) is 10.6. The summed E-state index contributed by atoms with van der Waals surface area (Å²) >= 11 is 0. The number of hydrogen-bond donors (Lipinski definition) is 1. The lowest BCUT2D eigenvalue weighted by Crippen LogP contribution is -2.61. The Morgan fingerprint density at radius 2 is 1.30 bits per heavy atom. The van der Waals surface area contributed by atoms with Crippen LogP contribution in [0, 0.1) is 17.3 Å². The Kier molecular flexibility index (Phi) is 8.94. The topological polar surface area (TPSA) is 46.5 Å². The zero-order chi connectivity index (χ0) is 29.7. The van der Waals surface area contributed by atoms with Gasteiger partial charge in [0, 0.05) is 12.8 Å². The lowest BCUT2D eigenvalue weighted by Gasteiger charge is -2.37. The van der Waals surface area contributed by atoms with Crippen molar-refractivity contribution in [3.63, 3.8) is 0 Å². The molecule has 0 amide bonds. The summed E-state index contributed by atoms with van der Waals surface area (Å²) in [7, 11) is 0. The Morgan fingerprint density at radius 1 is 0.838 bits per heavy atom. The van der Waals surface area contributed by atoms with E-state index in [9.17, 15) is 67.0 Å². The largest absolute Gasteiger partial charge is 0.465 e. The van der Waals surface area contributed by atoms with Gasteiger partial charge in [0.05, 0.1) is 18.4 Å². The Hall–Kier alpha value is -1.55. The fraction of sp³-hybridized carbons (Fsp3) is 0.950.